The monoisotopic (exact) mass is 414 g/mol. The van der Waals surface area contributed by atoms with Gasteiger partial charge in [-0.3, -0.25) is 14.2 Å². The summed E-state index contributed by atoms with van der Waals surface area (Å²) in [4.78, 5) is 32.3. The molecule has 1 aromatic carbocycles. The first-order chi connectivity index (χ1) is 13.6. The van der Waals surface area contributed by atoms with Gasteiger partial charge in [0.15, 0.2) is 5.16 Å². The second-order valence-electron chi connectivity index (χ2n) is 7.00. The van der Waals surface area contributed by atoms with E-state index in [0.717, 1.165) is 35.2 Å². The summed E-state index contributed by atoms with van der Waals surface area (Å²) in [6, 6.07) is 9.50. The smallest absolute Gasteiger partial charge is 0.316 e. The first kappa shape index (κ1) is 19.2. The molecule has 0 spiro atoms. The predicted molar refractivity (Wildman–Crippen MR) is 114 cm³/mol. The normalized spacial score (nSPS) is 16.1. The van der Waals surface area contributed by atoms with Crippen LogP contribution in [0.3, 0.4) is 0 Å². The van der Waals surface area contributed by atoms with E-state index in [4.69, 9.17) is 9.72 Å². The zero-order valence-corrected chi connectivity index (χ0v) is 17.6. The van der Waals surface area contributed by atoms with Crippen LogP contribution in [-0.2, 0) is 22.4 Å². The van der Waals surface area contributed by atoms with Gasteiger partial charge in [-0.1, -0.05) is 36.9 Å². The quantitative estimate of drug-likeness (QED) is 0.355. The fraction of sp³-hybridized carbons (Fsp3) is 0.381. The summed E-state index contributed by atoms with van der Waals surface area (Å²) in [6.45, 7) is 4.38. The Morgan fingerprint density at radius 3 is 2.89 bits per heavy atom. The summed E-state index contributed by atoms with van der Waals surface area (Å²) < 4.78 is 6.67. The van der Waals surface area contributed by atoms with Gasteiger partial charge in [0.25, 0.3) is 5.56 Å². The lowest BCUT2D eigenvalue weighted by atomic mass is 9.89. The Bertz CT molecular complexity index is 1070. The molecule has 4 rings (SSSR count). The molecular formula is C21H22N2O3S2. The van der Waals surface area contributed by atoms with Crippen molar-refractivity contribution in [2.75, 3.05) is 12.4 Å². The third-order valence-corrected chi connectivity index (χ3v) is 7.00. The molecule has 1 atom stereocenters. The number of carbonyl (C=O) groups is 1. The van der Waals surface area contributed by atoms with Gasteiger partial charge in [-0.15, -0.1) is 11.3 Å². The summed E-state index contributed by atoms with van der Waals surface area (Å²) >= 11 is 2.88. The van der Waals surface area contributed by atoms with Crippen LogP contribution in [-0.4, -0.2) is 27.9 Å². The lowest BCUT2D eigenvalue weighted by molar-refractivity contribution is -0.139. The molecule has 3 aromatic rings. The lowest BCUT2D eigenvalue weighted by Gasteiger charge is -2.17. The maximum absolute atomic E-state index is 13.5. The molecule has 1 aliphatic carbocycles. The highest BCUT2D eigenvalue weighted by atomic mass is 32.2. The zero-order valence-electron chi connectivity index (χ0n) is 15.9. The van der Waals surface area contributed by atoms with E-state index < -0.39 is 0 Å². The molecular weight excluding hydrogens is 392 g/mol. The highest BCUT2D eigenvalue weighted by Crippen LogP contribution is 2.36. The van der Waals surface area contributed by atoms with E-state index in [9.17, 15) is 9.59 Å². The number of ether oxygens (including phenoxy) is 1. The number of fused-ring (bicyclic) bond motifs is 3. The number of rotatable bonds is 5. The summed E-state index contributed by atoms with van der Waals surface area (Å²) in [5, 5.41) is 1.28. The van der Waals surface area contributed by atoms with Crippen LogP contribution in [0.5, 0.6) is 0 Å². The predicted octanol–water partition coefficient (Wildman–Crippen LogP) is 4.23. The Balaban J connectivity index is 1.86. The van der Waals surface area contributed by atoms with Gasteiger partial charge in [-0.2, -0.15) is 0 Å². The first-order valence-electron chi connectivity index (χ1n) is 9.49. The minimum absolute atomic E-state index is 0.0467. The third kappa shape index (κ3) is 3.61. The number of carbonyl (C=O) groups excluding carboxylic acids is 1. The van der Waals surface area contributed by atoms with Gasteiger partial charge >= 0.3 is 5.97 Å². The number of esters is 1. The van der Waals surface area contributed by atoms with E-state index in [0.29, 0.717) is 17.7 Å². The SMILES string of the molecule is CCOC(=O)CSc1nc2sc3c(c2c(=O)n1-c1ccccc1)CCC(C)C3. The number of hydrogen-bond acceptors (Lipinski definition) is 6. The maximum Gasteiger partial charge on any atom is 0.316 e. The standard InChI is InChI=1S/C21H22N2O3S2/c1-3-26-17(24)12-27-21-22-19-18(15-10-9-13(2)11-16(15)28-19)20(25)23(21)14-7-5-4-6-8-14/h4-8,13H,3,9-12H2,1-2H3. The van der Waals surface area contributed by atoms with Gasteiger partial charge in [0.05, 0.1) is 23.4 Å². The van der Waals surface area contributed by atoms with E-state index in [1.54, 1.807) is 22.8 Å². The Morgan fingerprint density at radius 1 is 1.36 bits per heavy atom. The summed E-state index contributed by atoms with van der Waals surface area (Å²) in [6.07, 6.45) is 3.03. The van der Waals surface area contributed by atoms with E-state index in [-0.39, 0.29) is 17.3 Å². The van der Waals surface area contributed by atoms with Crippen molar-refractivity contribution in [2.45, 2.75) is 38.3 Å². The molecule has 0 saturated heterocycles. The molecule has 0 amide bonds. The highest BCUT2D eigenvalue weighted by Gasteiger charge is 2.25. The Kier molecular flexibility index (Phi) is 5.55. The molecule has 2 heterocycles. The molecule has 1 aliphatic rings. The first-order valence-corrected chi connectivity index (χ1v) is 11.3. The molecule has 0 N–H and O–H groups in total. The zero-order chi connectivity index (χ0) is 19.7. The molecule has 146 valence electrons. The number of aryl methyl sites for hydroxylation is 1. The van der Waals surface area contributed by atoms with Crippen LogP contribution in [0.1, 0.15) is 30.7 Å². The van der Waals surface area contributed by atoms with E-state index in [1.165, 1.54) is 22.2 Å². The largest absolute Gasteiger partial charge is 0.465 e. The summed E-state index contributed by atoms with van der Waals surface area (Å²) in [5.41, 5.74) is 1.88. The molecule has 0 radical (unpaired) electrons. The van der Waals surface area contributed by atoms with Gasteiger partial charge in [0.1, 0.15) is 4.83 Å². The van der Waals surface area contributed by atoms with Crippen molar-refractivity contribution >= 4 is 39.3 Å². The minimum Gasteiger partial charge on any atom is -0.465 e. The van der Waals surface area contributed by atoms with Crippen LogP contribution in [0.15, 0.2) is 40.3 Å². The molecule has 2 aromatic heterocycles. The number of para-hydroxylation sites is 1. The highest BCUT2D eigenvalue weighted by molar-refractivity contribution is 7.99. The van der Waals surface area contributed by atoms with E-state index in [2.05, 4.69) is 6.92 Å². The van der Waals surface area contributed by atoms with E-state index in [1.807, 2.05) is 30.3 Å². The molecule has 0 aliphatic heterocycles. The topological polar surface area (TPSA) is 61.2 Å². The second kappa shape index (κ2) is 8.09. The van der Waals surface area contributed by atoms with Crippen molar-refractivity contribution in [1.82, 2.24) is 9.55 Å². The van der Waals surface area contributed by atoms with Crippen LogP contribution in [0.25, 0.3) is 15.9 Å². The number of hydrogen-bond donors (Lipinski definition) is 0. The average molecular weight is 415 g/mol. The summed E-state index contributed by atoms with van der Waals surface area (Å²) in [5.74, 6) is 0.455. The van der Waals surface area contributed by atoms with Crippen LogP contribution in [0, 0.1) is 5.92 Å². The van der Waals surface area contributed by atoms with Gasteiger partial charge in [0.2, 0.25) is 0 Å². The van der Waals surface area contributed by atoms with E-state index >= 15 is 0 Å². The van der Waals surface area contributed by atoms with Gasteiger partial charge in [-0.25, -0.2) is 4.98 Å². The number of thiophene rings is 1. The Hall–Kier alpha value is -2.12. The van der Waals surface area contributed by atoms with Crippen molar-refractivity contribution < 1.29 is 9.53 Å². The number of thioether (sulfide) groups is 1. The number of aromatic nitrogens is 2. The fourth-order valence-electron chi connectivity index (χ4n) is 3.60. The molecule has 5 nitrogen and oxygen atoms in total. The van der Waals surface area contributed by atoms with Gasteiger partial charge < -0.3 is 4.74 Å². The third-order valence-electron chi connectivity index (χ3n) is 4.94. The molecule has 0 fully saturated rings. The summed E-state index contributed by atoms with van der Waals surface area (Å²) in [7, 11) is 0. The van der Waals surface area contributed by atoms with Gasteiger partial charge in [0, 0.05) is 4.88 Å². The Morgan fingerprint density at radius 2 is 2.14 bits per heavy atom. The van der Waals surface area contributed by atoms with Crippen LogP contribution in [0.4, 0.5) is 0 Å². The molecule has 1 unspecified atom stereocenters. The van der Waals surface area contributed by atoms with Crippen molar-refractivity contribution in [3.05, 3.63) is 51.1 Å². The van der Waals surface area contributed by atoms with Crippen LogP contribution in [0.2, 0.25) is 0 Å². The Labute approximate surface area is 171 Å². The van der Waals surface area contributed by atoms with Crippen LogP contribution < -0.4 is 5.56 Å². The molecule has 0 bridgehead atoms. The number of nitrogens with zero attached hydrogens (tertiary/aromatic N) is 2. The maximum atomic E-state index is 13.5. The average Bonchev–Trinajstić information content (AvgIpc) is 3.04. The fourth-order valence-corrected chi connectivity index (χ4v) is 5.83. The lowest BCUT2D eigenvalue weighted by Crippen LogP contribution is -2.23. The molecule has 0 saturated carbocycles. The van der Waals surface area contributed by atoms with Crippen molar-refractivity contribution in [1.29, 1.82) is 0 Å². The van der Waals surface area contributed by atoms with Gasteiger partial charge in [-0.05, 0) is 49.8 Å². The van der Waals surface area contributed by atoms with Crippen molar-refractivity contribution in [3.8, 4) is 5.69 Å². The minimum atomic E-state index is -0.305. The van der Waals surface area contributed by atoms with Crippen molar-refractivity contribution in [2.24, 2.45) is 5.92 Å². The van der Waals surface area contributed by atoms with Crippen LogP contribution >= 0.6 is 23.1 Å². The number of benzene rings is 1. The van der Waals surface area contributed by atoms with Crippen molar-refractivity contribution in [3.63, 3.8) is 0 Å². The second-order valence-corrected chi connectivity index (χ2v) is 9.02. The molecule has 28 heavy (non-hydrogen) atoms. The molecule has 7 heteroatoms.